The van der Waals surface area contributed by atoms with Crippen molar-refractivity contribution in [1.29, 1.82) is 0 Å². The lowest BCUT2D eigenvalue weighted by molar-refractivity contribution is 0.00459. The SMILES string of the molecule is CNC(c1ccc[nH]1)C1CNCCO1. The van der Waals surface area contributed by atoms with Gasteiger partial charge in [0.1, 0.15) is 0 Å². The van der Waals surface area contributed by atoms with Gasteiger partial charge in [-0.25, -0.2) is 0 Å². The highest BCUT2D eigenvalue weighted by molar-refractivity contribution is 5.11. The third kappa shape index (κ3) is 1.97. The summed E-state index contributed by atoms with van der Waals surface area (Å²) < 4.78 is 5.71. The van der Waals surface area contributed by atoms with Gasteiger partial charge < -0.3 is 20.4 Å². The molecule has 1 aromatic rings. The molecular weight excluding hydrogens is 178 g/mol. The van der Waals surface area contributed by atoms with E-state index in [1.807, 2.05) is 19.3 Å². The predicted octanol–water partition coefficient (Wildman–Crippen LogP) is 0.264. The number of rotatable bonds is 3. The number of H-pyrrole nitrogens is 1. The van der Waals surface area contributed by atoms with E-state index < -0.39 is 0 Å². The number of nitrogens with one attached hydrogen (secondary N) is 3. The molecule has 1 aliphatic rings. The quantitative estimate of drug-likeness (QED) is 0.648. The molecule has 0 bridgehead atoms. The monoisotopic (exact) mass is 195 g/mol. The van der Waals surface area contributed by atoms with Gasteiger partial charge in [-0.2, -0.15) is 0 Å². The highest BCUT2D eigenvalue weighted by atomic mass is 16.5. The Morgan fingerprint density at radius 1 is 1.64 bits per heavy atom. The van der Waals surface area contributed by atoms with Gasteiger partial charge in [0.15, 0.2) is 0 Å². The van der Waals surface area contributed by atoms with E-state index in [1.54, 1.807) is 0 Å². The average Bonchev–Trinajstić information content (AvgIpc) is 2.74. The van der Waals surface area contributed by atoms with Crippen molar-refractivity contribution in [1.82, 2.24) is 15.6 Å². The van der Waals surface area contributed by atoms with Crippen molar-refractivity contribution in [3.05, 3.63) is 24.0 Å². The summed E-state index contributed by atoms with van der Waals surface area (Å²) in [5, 5.41) is 6.61. The van der Waals surface area contributed by atoms with Crippen molar-refractivity contribution in [2.75, 3.05) is 26.7 Å². The standard InChI is InChI=1S/C10H17N3O/c1-11-10(8-3-2-4-13-8)9-7-12-5-6-14-9/h2-4,9-13H,5-7H2,1H3. The van der Waals surface area contributed by atoms with Crippen molar-refractivity contribution in [2.24, 2.45) is 0 Å². The van der Waals surface area contributed by atoms with Gasteiger partial charge >= 0.3 is 0 Å². The molecule has 1 aromatic heterocycles. The molecule has 2 heterocycles. The van der Waals surface area contributed by atoms with Gasteiger partial charge in [-0.1, -0.05) is 0 Å². The van der Waals surface area contributed by atoms with Crippen LogP contribution in [-0.2, 0) is 4.74 Å². The molecule has 2 unspecified atom stereocenters. The van der Waals surface area contributed by atoms with Crippen LogP contribution in [0.3, 0.4) is 0 Å². The molecule has 0 radical (unpaired) electrons. The first kappa shape index (κ1) is 9.71. The molecular formula is C10H17N3O. The zero-order valence-electron chi connectivity index (χ0n) is 8.42. The second-order valence-electron chi connectivity index (χ2n) is 3.51. The molecule has 1 saturated heterocycles. The first-order valence-corrected chi connectivity index (χ1v) is 5.04. The molecule has 0 spiro atoms. The Morgan fingerprint density at radius 2 is 2.57 bits per heavy atom. The van der Waals surface area contributed by atoms with Gasteiger partial charge in [-0.15, -0.1) is 0 Å². The Hall–Kier alpha value is -0.840. The van der Waals surface area contributed by atoms with Crippen LogP contribution in [0.25, 0.3) is 0 Å². The molecule has 78 valence electrons. The maximum absolute atomic E-state index is 5.71. The Kier molecular flexibility index (Phi) is 3.18. The molecule has 0 saturated carbocycles. The van der Waals surface area contributed by atoms with E-state index in [0.717, 1.165) is 19.7 Å². The Labute approximate surface area is 84.0 Å². The first-order valence-electron chi connectivity index (χ1n) is 5.04. The van der Waals surface area contributed by atoms with E-state index in [-0.39, 0.29) is 12.1 Å². The third-order valence-corrected chi connectivity index (χ3v) is 2.60. The maximum atomic E-state index is 5.71. The van der Waals surface area contributed by atoms with Gasteiger partial charge in [0, 0.05) is 25.0 Å². The van der Waals surface area contributed by atoms with Crippen molar-refractivity contribution in [3.63, 3.8) is 0 Å². The van der Waals surface area contributed by atoms with E-state index in [2.05, 4.69) is 21.7 Å². The van der Waals surface area contributed by atoms with Gasteiger partial charge in [-0.3, -0.25) is 0 Å². The molecule has 2 atom stereocenters. The van der Waals surface area contributed by atoms with Crippen LogP contribution in [-0.4, -0.2) is 37.8 Å². The lowest BCUT2D eigenvalue weighted by Crippen LogP contribution is -2.45. The third-order valence-electron chi connectivity index (χ3n) is 2.60. The summed E-state index contributed by atoms with van der Waals surface area (Å²) in [5.41, 5.74) is 1.18. The Balaban J connectivity index is 2.04. The fourth-order valence-corrected chi connectivity index (χ4v) is 1.88. The number of aromatic nitrogens is 1. The smallest absolute Gasteiger partial charge is 0.0908 e. The zero-order valence-corrected chi connectivity index (χ0v) is 8.42. The van der Waals surface area contributed by atoms with Crippen LogP contribution >= 0.6 is 0 Å². The first-order chi connectivity index (χ1) is 6.92. The van der Waals surface area contributed by atoms with Gasteiger partial charge in [0.2, 0.25) is 0 Å². The molecule has 14 heavy (non-hydrogen) atoms. The molecule has 0 aromatic carbocycles. The zero-order chi connectivity index (χ0) is 9.80. The van der Waals surface area contributed by atoms with Crippen LogP contribution in [0.5, 0.6) is 0 Å². The molecule has 1 aliphatic heterocycles. The van der Waals surface area contributed by atoms with E-state index in [1.165, 1.54) is 5.69 Å². The summed E-state index contributed by atoms with van der Waals surface area (Å²) in [6.45, 7) is 2.66. The molecule has 1 fully saturated rings. The summed E-state index contributed by atoms with van der Waals surface area (Å²) in [6, 6.07) is 4.34. The van der Waals surface area contributed by atoms with E-state index in [9.17, 15) is 0 Å². The summed E-state index contributed by atoms with van der Waals surface area (Å²) >= 11 is 0. The lowest BCUT2D eigenvalue weighted by atomic mass is 10.1. The largest absolute Gasteiger partial charge is 0.374 e. The van der Waals surface area contributed by atoms with Gasteiger partial charge in [0.25, 0.3) is 0 Å². The lowest BCUT2D eigenvalue weighted by Gasteiger charge is -2.30. The number of likely N-dealkylation sites (N-methyl/N-ethyl adjacent to an activating group) is 1. The fraction of sp³-hybridized carbons (Fsp3) is 0.600. The van der Waals surface area contributed by atoms with E-state index in [4.69, 9.17) is 4.74 Å². The number of hydrogen-bond acceptors (Lipinski definition) is 3. The molecule has 3 N–H and O–H groups in total. The Bertz CT molecular complexity index is 254. The summed E-state index contributed by atoms with van der Waals surface area (Å²) in [7, 11) is 1.96. The highest BCUT2D eigenvalue weighted by Crippen LogP contribution is 2.17. The maximum Gasteiger partial charge on any atom is 0.0908 e. The number of ether oxygens (including phenoxy) is 1. The van der Waals surface area contributed by atoms with Crippen LogP contribution < -0.4 is 10.6 Å². The molecule has 4 nitrogen and oxygen atoms in total. The topological polar surface area (TPSA) is 49.1 Å². The number of aromatic amines is 1. The van der Waals surface area contributed by atoms with Crippen molar-refractivity contribution in [3.8, 4) is 0 Å². The molecule has 2 rings (SSSR count). The summed E-state index contributed by atoms with van der Waals surface area (Å²) in [6.07, 6.45) is 2.16. The van der Waals surface area contributed by atoms with E-state index >= 15 is 0 Å². The Morgan fingerprint density at radius 3 is 3.14 bits per heavy atom. The van der Waals surface area contributed by atoms with Gasteiger partial charge in [0.05, 0.1) is 18.8 Å². The van der Waals surface area contributed by atoms with Crippen molar-refractivity contribution < 1.29 is 4.74 Å². The summed E-state index contributed by atoms with van der Waals surface area (Å²) in [5.74, 6) is 0. The minimum absolute atomic E-state index is 0.215. The molecule has 0 aliphatic carbocycles. The van der Waals surface area contributed by atoms with Crippen molar-refractivity contribution in [2.45, 2.75) is 12.1 Å². The van der Waals surface area contributed by atoms with Crippen LogP contribution in [0.4, 0.5) is 0 Å². The van der Waals surface area contributed by atoms with E-state index in [0.29, 0.717) is 0 Å². The number of hydrogen-bond donors (Lipinski definition) is 3. The normalized spacial score (nSPS) is 24.8. The molecule has 4 heteroatoms. The highest BCUT2D eigenvalue weighted by Gasteiger charge is 2.24. The van der Waals surface area contributed by atoms with Crippen molar-refractivity contribution >= 4 is 0 Å². The van der Waals surface area contributed by atoms with Crippen LogP contribution in [0.1, 0.15) is 11.7 Å². The van der Waals surface area contributed by atoms with Crippen LogP contribution in [0.15, 0.2) is 18.3 Å². The van der Waals surface area contributed by atoms with Gasteiger partial charge in [-0.05, 0) is 19.2 Å². The van der Waals surface area contributed by atoms with Crippen LogP contribution in [0.2, 0.25) is 0 Å². The fourth-order valence-electron chi connectivity index (χ4n) is 1.88. The minimum Gasteiger partial charge on any atom is -0.374 e. The minimum atomic E-state index is 0.215. The second kappa shape index (κ2) is 4.59. The van der Waals surface area contributed by atoms with Crippen LogP contribution in [0, 0.1) is 0 Å². The molecule has 0 amide bonds. The second-order valence-corrected chi connectivity index (χ2v) is 3.51. The number of morpholine rings is 1. The average molecular weight is 195 g/mol. The predicted molar refractivity (Wildman–Crippen MR) is 55.2 cm³/mol. The summed E-state index contributed by atoms with van der Waals surface area (Å²) in [4.78, 5) is 3.22.